The van der Waals surface area contributed by atoms with Crippen molar-refractivity contribution in [3.63, 3.8) is 0 Å². The molecule has 3 unspecified atom stereocenters. The quantitative estimate of drug-likeness (QED) is 0.643. The number of hydrogen-bond donors (Lipinski definition) is 2. The maximum atomic E-state index is 5.92. The van der Waals surface area contributed by atoms with Crippen molar-refractivity contribution < 1.29 is 0 Å². The van der Waals surface area contributed by atoms with Gasteiger partial charge in [0.1, 0.15) is 0 Å². The SMILES string of the molecule is NNC(c1cccc(C2CCC2)c1)C1C2CCCCC21. The van der Waals surface area contributed by atoms with Gasteiger partial charge in [-0.2, -0.15) is 0 Å². The van der Waals surface area contributed by atoms with E-state index < -0.39 is 0 Å². The molecule has 20 heavy (non-hydrogen) atoms. The van der Waals surface area contributed by atoms with Gasteiger partial charge in [0, 0.05) is 6.04 Å². The van der Waals surface area contributed by atoms with Crippen LogP contribution in [-0.4, -0.2) is 0 Å². The fraction of sp³-hybridized carbons (Fsp3) is 0.667. The summed E-state index contributed by atoms with van der Waals surface area (Å²) in [6.07, 6.45) is 9.86. The van der Waals surface area contributed by atoms with Crippen molar-refractivity contribution in [2.45, 2.75) is 56.9 Å². The highest BCUT2D eigenvalue weighted by Crippen LogP contribution is 2.60. The Balaban J connectivity index is 1.55. The summed E-state index contributed by atoms with van der Waals surface area (Å²) in [4.78, 5) is 0. The Morgan fingerprint density at radius 2 is 1.75 bits per heavy atom. The van der Waals surface area contributed by atoms with Gasteiger partial charge in [0.2, 0.25) is 0 Å². The number of nitrogens with two attached hydrogens (primary N) is 1. The molecule has 0 saturated heterocycles. The second-order valence-corrected chi connectivity index (χ2v) is 7.13. The predicted octanol–water partition coefficient (Wildman–Crippen LogP) is 3.89. The van der Waals surface area contributed by atoms with Crippen LogP contribution in [0.3, 0.4) is 0 Å². The van der Waals surface area contributed by atoms with E-state index in [9.17, 15) is 0 Å². The lowest BCUT2D eigenvalue weighted by atomic mass is 9.79. The Bertz CT molecular complexity index is 468. The molecule has 4 rings (SSSR count). The van der Waals surface area contributed by atoms with Gasteiger partial charge >= 0.3 is 0 Å². The summed E-state index contributed by atoms with van der Waals surface area (Å²) in [7, 11) is 0. The maximum Gasteiger partial charge on any atom is 0.0493 e. The van der Waals surface area contributed by atoms with Crippen LogP contribution in [0.1, 0.15) is 68.0 Å². The minimum atomic E-state index is 0.378. The van der Waals surface area contributed by atoms with Gasteiger partial charge in [-0.3, -0.25) is 11.3 Å². The fourth-order valence-electron chi connectivity index (χ4n) is 4.72. The lowest BCUT2D eigenvalue weighted by molar-refractivity contribution is 0.417. The zero-order chi connectivity index (χ0) is 13.5. The lowest BCUT2D eigenvalue weighted by Crippen LogP contribution is -2.30. The van der Waals surface area contributed by atoms with E-state index in [1.165, 1.54) is 56.1 Å². The third-order valence-corrected chi connectivity index (χ3v) is 6.13. The Morgan fingerprint density at radius 1 is 1.00 bits per heavy atom. The minimum Gasteiger partial charge on any atom is -0.271 e. The van der Waals surface area contributed by atoms with E-state index >= 15 is 0 Å². The van der Waals surface area contributed by atoms with Gasteiger partial charge in [0.05, 0.1) is 0 Å². The Kier molecular flexibility index (Phi) is 3.31. The maximum absolute atomic E-state index is 5.92. The first-order chi connectivity index (χ1) is 9.88. The molecule has 0 spiro atoms. The van der Waals surface area contributed by atoms with Crippen molar-refractivity contribution in [2.75, 3.05) is 0 Å². The molecule has 108 valence electrons. The van der Waals surface area contributed by atoms with Crippen LogP contribution in [0.15, 0.2) is 24.3 Å². The molecule has 3 N–H and O–H groups in total. The van der Waals surface area contributed by atoms with Gasteiger partial charge < -0.3 is 0 Å². The number of hydrogen-bond acceptors (Lipinski definition) is 2. The van der Waals surface area contributed by atoms with Crippen LogP contribution in [-0.2, 0) is 0 Å². The summed E-state index contributed by atoms with van der Waals surface area (Å²) < 4.78 is 0. The molecule has 3 atom stereocenters. The molecule has 3 aliphatic carbocycles. The van der Waals surface area contributed by atoms with E-state index in [1.807, 2.05) is 0 Å². The number of benzene rings is 1. The van der Waals surface area contributed by atoms with Crippen LogP contribution < -0.4 is 11.3 Å². The molecule has 3 saturated carbocycles. The molecule has 3 fully saturated rings. The highest BCUT2D eigenvalue weighted by atomic mass is 15.2. The molecule has 0 radical (unpaired) electrons. The molecule has 2 heteroatoms. The van der Waals surface area contributed by atoms with E-state index in [2.05, 4.69) is 29.7 Å². The second-order valence-electron chi connectivity index (χ2n) is 7.13. The molecule has 0 aromatic heterocycles. The van der Waals surface area contributed by atoms with Crippen molar-refractivity contribution >= 4 is 0 Å². The summed E-state index contributed by atoms with van der Waals surface area (Å²) in [6, 6.07) is 9.62. The summed E-state index contributed by atoms with van der Waals surface area (Å²) in [5, 5.41) is 0. The van der Waals surface area contributed by atoms with Crippen molar-refractivity contribution in [3.05, 3.63) is 35.4 Å². The minimum absolute atomic E-state index is 0.378. The van der Waals surface area contributed by atoms with E-state index in [1.54, 1.807) is 0 Å². The molecule has 0 aliphatic heterocycles. The van der Waals surface area contributed by atoms with E-state index in [0.717, 1.165) is 23.7 Å². The molecule has 2 nitrogen and oxygen atoms in total. The summed E-state index contributed by atoms with van der Waals surface area (Å²) >= 11 is 0. The predicted molar refractivity (Wildman–Crippen MR) is 82.0 cm³/mol. The van der Waals surface area contributed by atoms with Crippen molar-refractivity contribution in [1.82, 2.24) is 5.43 Å². The molecule has 1 aromatic carbocycles. The lowest BCUT2D eigenvalue weighted by Gasteiger charge is -2.27. The third kappa shape index (κ3) is 2.10. The normalized spacial score (nSPS) is 34.1. The van der Waals surface area contributed by atoms with Gasteiger partial charge in [-0.15, -0.1) is 0 Å². The van der Waals surface area contributed by atoms with Gasteiger partial charge in [0.25, 0.3) is 0 Å². The van der Waals surface area contributed by atoms with Gasteiger partial charge in [-0.1, -0.05) is 43.5 Å². The Morgan fingerprint density at radius 3 is 2.35 bits per heavy atom. The van der Waals surface area contributed by atoms with Crippen molar-refractivity contribution in [3.8, 4) is 0 Å². The Labute approximate surface area is 122 Å². The third-order valence-electron chi connectivity index (χ3n) is 6.13. The first-order valence-corrected chi connectivity index (χ1v) is 8.44. The second kappa shape index (κ2) is 5.16. The topological polar surface area (TPSA) is 38.0 Å². The van der Waals surface area contributed by atoms with Crippen LogP contribution >= 0.6 is 0 Å². The molecular formula is C18H26N2. The standard InChI is InChI=1S/C18H26N2/c19-20-18(17-15-9-1-2-10-16(15)17)14-8-4-7-13(11-14)12-5-3-6-12/h4,7-8,11-12,15-18,20H,1-3,5-6,9-10,19H2. The average molecular weight is 270 g/mol. The largest absolute Gasteiger partial charge is 0.271 e. The fourth-order valence-corrected chi connectivity index (χ4v) is 4.72. The first-order valence-electron chi connectivity index (χ1n) is 8.44. The zero-order valence-corrected chi connectivity index (χ0v) is 12.2. The van der Waals surface area contributed by atoms with E-state index in [-0.39, 0.29) is 0 Å². The number of nitrogens with one attached hydrogen (secondary N) is 1. The van der Waals surface area contributed by atoms with Crippen LogP contribution in [0.4, 0.5) is 0 Å². The van der Waals surface area contributed by atoms with Gasteiger partial charge in [0.15, 0.2) is 0 Å². The summed E-state index contributed by atoms with van der Waals surface area (Å²) in [5.41, 5.74) is 6.11. The van der Waals surface area contributed by atoms with Gasteiger partial charge in [-0.25, -0.2) is 0 Å². The molecule has 3 aliphatic rings. The molecule has 1 aromatic rings. The van der Waals surface area contributed by atoms with Crippen LogP contribution in [0.25, 0.3) is 0 Å². The Hall–Kier alpha value is -0.860. The first kappa shape index (κ1) is 12.8. The molecular weight excluding hydrogens is 244 g/mol. The highest BCUT2D eigenvalue weighted by Gasteiger charge is 2.54. The highest BCUT2D eigenvalue weighted by molar-refractivity contribution is 5.31. The van der Waals surface area contributed by atoms with E-state index in [4.69, 9.17) is 5.84 Å². The average Bonchev–Trinajstić information content (AvgIpc) is 3.13. The van der Waals surface area contributed by atoms with Crippen LogP contribution in [0.2, 0.25) is 0 Å². The molecule has 0 heterocycles. The van der Waals surface area contributed by atoms with E-state index in [0.29, 0.717) is 6.04 Å². The molecule has 0 amide bonds. The van der Waals surface area contributed by atoms with Crippen LogP contribution in [0.5, 0.6) is 0 Å². The summed E-state index contributed by atoms with van der Waals surface area (Å²) in [6.45, 7) is 0. The van der Waals surface area contributed by atoms with Gasteiger partial charge in [-0.05, 0) is 60.5 Å². The van der Waals surface area contributed by atoms with Crippen molar-refractivity contribution in [2.24, 2.45) is 23.6 Å². The summed E-state index contributed by atoms with van der Waals surface area (Å²) in [5.74, 6) is 9.41. The van der Waals surface area contributed by atoms with Crippen molar-refractivity contribution in [1.29, 1.82) is 0 Å². The smallest absolute Gasteiger partial charge is 0.0493 e. The number of fused-ring (bicyclic) bond motifs is 1. The van der Waals surface area contributed by atoms with Crippen LogP contribution in [0, 0.1) is 17.8 Å². The number of rotatable bonds is 4. The zero-order valence-electron chi connectivity index (χ0n) is 12.2. The monoisotopic (exact) mass is 270 g/mol. The number of hydrazine groups is 1. The molecule has 0 bridgehead atoms.